The number of aliphatic carboxylic acids is 2. The van der Waals surface area contributed by atoms with Gasteiger partial charge in [0.25, 0.3) is 16.0 Å². The third kappa shape index (κ3) is 32.9. The second kappa shape index (κ2) is 46.6. The zero-order valence-corrected chi connectivity index (χ0v) is 63.2. The summed E-state index contributed by atoms with van der Waals surface area (Å²) >= 11 is 0. The Morgan fingerprint density at radius 1 is 0.504 bits per heavy atom. The molecule has 42 nitrogen and oxygen atoms in total. The first-order valence-electron chi connectivity index (χ1n) is 36.6. The zero-order valence-electron chi connectivity index (χ0n) is 62.4. The highest BCUT2D eigenvalue weighted by Gasteiger charge is 2.36. The van der Waals surface area contributed by atoms with E-state index in [0.717, 1.165) is 18.5 Å². The first kappa shape index (κ1) is 90.7. The highest BCUT2D eigenvalue weighted by molar-refractivity contribution is 7.86. The number of nitrogens with one attached hydrogen (secondary N) is 18. The summed E-state index contributed by atoms with van der Waals surface area (Å²) in [4.78, 5) is 208. The lowest BCUT2D eigenvalue weighted by Gasteiger charge is -2.26. The summed E-state index contributed by atoms with van der Waals surface area (Å²) in [5.41, 5.74) is 14.4. The van der Waals surface area contributed by atoms with E-state index >= 15 is 0 Å². The van der Waals surface area contributed by atoms with Gasteiger partial charge >= 0.3 is 11.9 Å². The molecule has 0 aliphatic carbocycles. The number of carboxylic acid groups (broad SMARTS) is 2. The zero-order chi connectivity index (χ0) is 84.0. The SMILES string of the molecule is N=C(N)NCCC[C@@H]1NC(=O)CNC(=O)[C@@H](CC(=O)O)NC(=O)[C@@H](Cc2ccccc2)NC(=O)C(CCCCNC(=O)C(CCC(=O)NCCCC[C@H]2NC(=O)[C@H](CCCNC(=N)N)NC(=O)CNC(=O)[C@@H](CC(=O)O)NC(=O)[C@@H](Cc3ccccc3)NC2=O)NC(=O)c2ccc(N/N=C/c3ccccc3S(=O)(=O)O)nc2)NC1=O. The Balaban J connectivity index is 1.19. The van der Waals surface area contributed by atoms with Gasteiger partial charge in [0.05, 0.1) is 37.7 Å². The van der Waals surface area contributed by atoms with Crippen LogP contribution < -0.4 is 96.6 Å². The molecule has 3 heterocycles. The number of hydrazone groups is 1. The van der Waals surface area contributed by atoms with Gasteiger partial charge in [-0.15, -0.1) is 0 Å². The fraction of sp³-hybridized carbons (Fsp3) is 0.431. The van der Waals surface area contributed by atoms with Gasteiger partial charge in [0, 0.05) is 57.2 Å². The van der Waals surface area contributed by atoms with Crippen LogP contribution in [0.4, 0.5) is 5.82 Å². The van der Waals surface area contributed by atoms with E-state index in [0.29, 0.717) is 11.1 Å². The van der Waals surface area contributed by atoms with Crippen LogP contribution in [-0.4, -0.2) is 229 Å². The summed E-state index contributed by atoms with van der Waals surface area (Å²) < 4.78 is 33.5. The quantitative estimate of drug-likeness (QED) is 0.00669. The van der Waals surface area contributed by atoms with E-state index in [2.05, 4.69) is 95.3 Å². The average molecular weight is 1620 g/mol. The number of carbonyl (C=O) groups excluding carboxylic acids is 13. The Morgan fingerprint density at radius 2 is 0.913 bits per heavy atom. The van der Waals surface area contributed by atoms with Crippen molar-refractivity contribution in [2.75, 3.05) is 44.7 Å². The van der Waals surface area contributed by atoms with Crippen LogP contribution >= 0.6 is 0 Å². The average Bonchev–Trinajstić information content (AvgIpc) is 1.56. The van der Waals surface area contributed by atoms with E-state index in [-0.39, 0.29) is 139 Å². The van der Waals surface area contributed by atoms with Crippen LogP contribution in [0.2, 0.25) is 0 Å². The molecule has 2 fully saturated rings. The fourth-order valence-electron chi connectivity index (χ4n) is 11.7. The van der Waals surface area contributed by atoms with Crippen molar-refractivity contribution in [1.29, 1.82) is 10.8 Å². The van der Waals surface area contributed by atoms with Gasteiger partial charge in [-0.05, 0) is 100.0 Å². The summed E-state index contributed by atoms with van der Waals surface area (Å²) in [6.07, 6.45) is -0.711. The highest BCUT2D eigenvalue weighted by atomic mass is 32.2. The Hall–Kier alpha value is -13.2. The molecule has 115 heavy (non-hydrogen) atoms. The van der Waals surface area contributed by atoms with Crippen molar-refractivity contribution in [3.8, 4) is 0 Å². The van der Waals surface area contributed by atoms with Gasteiger partial charge in [-0.25, -0.2) is 4.98 Å². The van der Waals surface area contributed by atoms with E-state index < -0.39 is 190 Å². The number of nitrogens with zero attached hydrogens (tertiary/aromatic N) is 2. The topological polar surface area (TPSA) is 668 Å². The van der Waals surface area contributed by atoms with Crippen LogP contribution in [0.5, 0.6) is 0 Å². The Labute approximate surface area is 659 Å². The van der Waals surface area contributed by atoms with Gasteiger partial charge in [0.1, 0.15) is 65.1 Å². The van der Waals surface area contributed by atoms with Gasteiger partial charge in [-0.1, -0.05) is 78.9 Å². The number of unbranched alkanes of at least 4 members (excludes halogenated alkanes) is 2. The third-order valence-electron chi connectivity index (χ3n) is 17.6. The molecule has 2 aliphatic heterocycles. The van der Waals surface area contributed by atoms with Crippen LogP contribution in [0.25, 0.3) is 0 Å². The second-order valence-electron chi connectivity index (χ2n) is 26.6. The summed E-state index contributed by atoms with van der Waals surface area (Å²) in [5.74, 6) is -15.5. The minimum atomic E-state index is -4.62. The number of carboxylic acids is 2. The standard InChI is InChI=1S/C72H96N22O20S/c73-71(74)79-31-13-22-45-65(106)88-47(67(108)90-50(33-41-15-3-1-4-16-41)69(110)92-52(35-59(98)99)63(104)82-39-57(96)85-45)20-9-11-29-77-56(95)28-26-49(87-61(102)44-25-27-55(81-37-44)94-84-38-43-19-7-8-24-54(43)115(112,113)114)62(103)78-30-12-10-21-48-68(109)91-51(34-42-17-5-2-6-18-42)70(111)93-53(36-60(100)101)64(105)83-40-58(97)86-46(66(107)89-48)23-14-32-80-72(75)76/h1-8,15-19,24-25,27,37-38,45-53H,9-14,20-23,26,28-36,39-40H2,(H,77,95)(H,78,103)(H,81,94)(H,82,104)(H,83,105)(H,85,96)(H,86,97)(H,87,102)(H,88,106)(H,89,107)(H,90,108)(H,91,109)(H,92,110)(H,93,111)(H,98,99)(H,100,101)(H4,73,74,79)(H4,75,76,80)(H,112,113,114)/b84-38+/t45-,46-,47+,48?,49?,50+,51+,52+,53+/m0/s1. The van der Waals surface area contributed by atoms with E-state index in [9.17, 15) is 95.1 Å². The molecule has 43 heteroatoms. The van der Waals surface area contributed by atoms with Gasteiger partial charge in [0.15, 0.2) is 11.9 Å². The lowest BCUT2D eigenvalue weighted by atomic mass is 10.0. The smallest absolute Gasteiger partial charge is 0.305 e. The van der Waals surface area contributed by atoms with Crippen molar-refractivity contribution in [3.05, 3.63) is 126 Å². The number of nitrogens with two attached hydrogens (primary N) is 2. The monoisotopic (exact) mass is 1620 g/mol. The normalized spacial score (nSPS) is 19.8. The molecule has 0 radical (unpaired) electrons. The number of carbonyl (C=O) groups is 15. The van der Waals surface area contributed by atoms with Gasteiger partial charge < -0.3 is 101 Å². The van der Waals surface area contributed by atoms with E-state index in [1.54, 1.807) is 60.7 Å². The van der Waals surface area contributed by atoms with Crippen molar-refractivity contribution in [1.82, 2.24) is 84.7 Å². The molecule has 2 unspecified atom stereocenters. The molecule has 620 valence electrons. The first-order valence-corrected chi connectivity index (χ1v) is 38.1. The number of anilines is 1. The number of guanidine groups is 2. The van der Waals surface area contributed by atoms with Gasteiger partial charge in [-0.3, -0.25) is 92.7 Å². The molecular formula is C72H96N22O20S. The molecule has 4 aromatic rings. The van der Waals surface area contributed by atoms with Gasteiger partial charge in [-0.2, -0.15) is 13.5 Å². The maximum Gasteiger partial charge on any atom is 0.305 e. The summed E-state index contributed by atoms with van der Waals surface area (Å²) in [6, 6.07) is 11.1. The molecule has 13 amide bonds. The lowest BCUT2D eigenvalue weighted by molar-refractivity contribution is -0.141. The number of amides is 13. The predicted octanol–water partition coefficient (Wildman–Crippen LogP) is -4.67. The van der Waals surface area contributed by atoms with Gasteiger partial charge in [0.2, 0.25) is 70.9 Å². The fourth-order valence-corrected chi connectivity index (χ4v) is 12.4. The van der Waals surface area contributed by atoms with Crippen molar-refractivity contribution in [3.63, 3.8) is 0 Å². The number of hydrogen-bond donors (Lipinski definition) is 23. The van der Waals surface area contributed by atoms with Crippen LogP contribution in [0.1, 0.15) is 117 Å². The second-order valence-corrected chi connectivity index (χ2v) is 28.0. The molecule has 2 aliphatic rings. The minimum Gasteiger partial charge on any atom is -0.481 e. The molecule has 0 spiro atoms. The van der Waals surface area contributed by atoms with Crippen LogP contribution in [0, 0.1) is 10.8 Å². The summed E-state index contributed by atoms with van der Waals surface area (Å²) in [6.45, 7) is -1.62. The maximum absolute atomic E-state index is 14.5. The number of hydrogen-bond acceptors (Lipinski definition) is 22. The van der Waals surface area contributed by atoms with E-state index in [4.69, 9.17) is 22.3 Å². The first-order chi connectivity index (χ1) is 54.8. The Bertz CT molecular complexity index is 4280. The molecule has 2 saturated heterocycles. The number of pyridine rings is 1. The molecule has 0 saturated carbocycles. The lowest BCUT2D eigenvalue weighted by Crippen LogP contribution is -2.58. The molecule has 0 bridgehead atoms. The highest BCUT2D eigenvalue weighted by Crippen LogP contribution is 2.16. The number of aromatic nitrogens is 1. The Kier molecular flexibility index (Phi) is 36.7. The van der Waals surface area contributed by atoms with Crippen molar-refractivity contribution in [2.45, 2.75) is 162 Å². The minimum absolute atomic E-state index is 0.0239. The summed E-state index contributed by atoms with van der Waals surface area (Å²) in [7, 11) is -4.62. The molecule has 6 rings (SSSR count). The Morgan fingerprint density at radius 3 is 1.36 bits per heavy atom. The summed E-state index contributed by atoms with van der Waals surface area (Å²) in [5, 5.41) is 76.4. The van der Waals surface area contributed by atoms with Crippen LogP contribution in [0.15, 0.2) is 113 Å². The molecular weight excluding hydrogens is 1520 g/mol. The largest absolute Gasteiger partial charge is 0.481 e. The van der Waals surface area contributed by atoms with E-state index in [1.165, 1.54) is 30.3 Å². The van der Waals surface area contributed by atoms with Crippen molar-refractivity contribution < 1.29 is 95.1 Å². The van der Waals surface area contributed by atoms with Crippen LogP contribution in [0.3, 0.4) is 0 Å². The van der Waals surface area contributed by atoms with E-state index in [1.807, 2.05) is 0 Å². The molecule has 1 aromatic heterocycles. The molecule has 25 N–H and O–H groups in total. The molecule has 3 aromatic carbocycles. The molecule has 9 atom stereocenters. The van der Waals surface area contributed by atoms with Crippen molar-refractivity contribution >= 4 is 123 Å². The third-order valence-corrected chi connectivity index (χ3v) is 18.5. The number of benzene rings is 3. The maximum atomic E-state index is 14.5. The predicted molar refractivity (Wildman–Crippen MR) is 410 cm³/mol. The van der Waals surface area contributed by atoms with Crippen molar-refractivity contribution in [2.24, 2.45) is 16.6 Å². The number of rotatable bonds is 36. The van der Waals surface area contributed by atoms with Crippen LogP contribution in [-0.2, 0) is 90.1 Å².